The smallest absolute Gasteiger partial charge is 0.326 e. The van der Waals surface area contributed by atoms with Gasteiger partial charge in [-0.15, -0.1) is 0 Å². The van der Waals surface area contributed by atoms with E-state index in [2.05, 4.69) is 20.9 Å². The number of carboxylic acids is 1. The number of halogens is 1. The third-order valence-corrected chi connectivity index (χ3v) is 5.96. The Balaban J connectivity index is 1.36. The van der Waals surface area contributed by atoms with Crippen molar-refractivity contribution in [1.29, 1.82) is 0 Å². The highest BCUT2D eigenvalue weighted by atomic mass is 35.5. The Labute approximate surface area is 222 Å². The Kier molecular flexibility index (Phi) is 8.64. The minimum atomic E-state index is -1.36. The predicted molar refractivity (Wildman–Crippen MR) is 137 cm³/mol. The van der Waals surface area contributed by atoms with Crippen LogP contribution in [0, 0.1) is 0 Å². The summed E-state index contributed by atoms with van der Waals surface area (Å²) in [6.45, 7) is -0.316. The second-order valence-corrected chi connectivity index (χ2v) is 8.66. The number of hydrogen-bond acceptors (Lipinski definition) is 7. The van der Waals surface area contributed by atoms with Gasteiger partial charge in [-0.1, -0.05) is 35.9 Å². The van der Waals surface area contributed by atoms with Crippen LogP contribution < -0.4 is 16.0 Å². The lowest BCUT2D eigenvalue weighted by molar-refractivity contribution is -0.144. The van der Waals surface area contributed by atoms with Gasteiger partial charge in [0.15, 0.2) is 12.2 Å². The number of nitrogens with zero attached hydrogens (tertiary/aromatic N) is 1. The van der Waals surface area contributed by atoms with Crippen LogP contribution in [0.15, 0.2) is 73.1 Å². The van der Waals surface area contributed by atoms with Gasteiger partial charge >= 0.3 is 5.97 Å². The van der Waals surface area contributed by atoms with Gasteiger partial charge in [-0.25, -0.2) is 4.79 Å². The minimum Gasteiger partial charge on any atom is -0.480 e. The van der Waals surface area contributed by atoms with E-state index >= 15 is 0 Å². The van der Waals surface area contributed by atoms with Gasteiger partial charge in [-0.3, -0.25) is 19.4 Å². The molecule has 196 valence electrons. The number of benzene rings is 2. The molecule has 0 aliphatic carbocycles. The molecule has 2 aromatic carbocycles. The molecular formula is C26H23ClN4O7. The maximum atomic E-state index is 12.9. The Morgan fingerprint density at radius 2 is 1.58 bits per heavy atom. The van der Waals surface area contributed by atoms with Gasteiger partial charge in [0.1, 0.15) is 12.8 Å². The molecule has 0 spiro atoms. The number of aromatic nitrogens is 1. The van der Waals surface area contributed by atoms with E-state index in [1.54, 1.807) is 60.7 Å². The van der Waals surface area contributed by atoms with Crippen molar-refractivity contribution in [2.75, 3.05) is 17.4 Å². The second-order valence-electron chi connectivity index (χ2n) is 8.25. The summed E-state index contributed by atoms with van der Waals surface area (Å²) < 4.78 is 10.5. The number of nitrogens with one attached hydrogen (secondary N) is 3. The zero-order valence-electron chi connectivity index (χ0n) is 19.8. The second kappa shape index (κ2) is 12.3. The van der Waals surface area contributed by atoms with Crippen LogP contribution in [0.25, 0.3) is 0 Å². The van der Waals surface area contributed by atoms with Crippen LogP contribution in [0.4, 0.5) is 11.4 Å². The molecule has 1 aliphatic heterocycles. The summed E-state index contributed by atoms with van der Waals surface area (Å²) in [6, 6.07) is 14.9. The number of hydrogen-bond donors (Lipinski definition) is 4. The highest BCUT2D eigenvalue weighted by molar-refractivity contribution is 6.33. The van der Waals surface area contributed by atoms with Crippen LogP contribution in [-0.4, -0.2) is 58.8 Å². The zero-order chi connectivity index (χ0) is 27.1. The van der Waals surface area contributed by atoms with Crippen molar-refractivity contribution < 1.29 is 33.8 Å². The number of pyridine rings is 1. The molecule has 1 aliphatic rings. The lowest BCUT2D eigenvalue weighted by atomic mass is 10.0. The first-order valence-corrected chi connectivity index (χ1v) is 11.8. The molecule has 1 saturated heterocycles. The van der Waals surface area contributed by atoms with Crippen LogP contribution in [0.5, 0.6) is 0 Å². The quantitative estimate of drug-likeness (QED) is 0.324. The van der Waals surface area contributed by atoms with Crippen LogP contribution >= 0.6 is 11.6 Å². The monoisotopic (exact) mass is 538 g/mol. The lowest BCUT2D eigenvalue weighted by Crippen LogP contribution is -2.51. The van der Waals surface area contributed by atoms with Gasteiger partial charge < -0.3 is 30.5 Å². The molecule has 38 heavy (non-hydrogen) atoms. The maximum absolute atomic E-state index is 12.9. The predicted octanol–water partition coefficient (Wildman–Crippen LogP) is 2.48. The van der Waals surface area contributed by atoms with E-state index in [1.165, 1.54) is 12.4 Å². The Bertz CT molecular complexity index is 1320. The van der Waals surface area contributed by atoms with E-state index in [9.17, 15) is 24.3 Å². The molecule has 0 radical (unpaired) electrons. The van der Waals surface area contributed by atoms with E-state index in [1.807, 2.05) is 0 Å². The normalized spacial score (nSPS) is 17.3. The zero-order valence-corrected chi connectivity index (χ0v) is 20.6. The average molecular weight is 539 g/mol. The first-order valence-electron chi connectivity index (χ1n) is 11.4. The topological polar surface area (TPSA) is 156 Å². The maximum Gasteiger partial charge on any atom is 0.326 e. The molecule has 1 aromatic heterocycles. The Hall–Kier alpha value is -4.32. The molecule has 4 N–H and O–H groups in total. The molecule has 3 aromatic rings. The molecule has 2 heterocycles. The molecule has 0 bridgehead atoms. The van der Waals surface area contributed by atoms with Gasteiger partial charge in [0.25, 0.3) is 17.7 Å². The number of anilines is 2. The summed E-state index contributed by atoms with van der Waals surface area (Å²) >= 11 is 6.06. The molecule has 3 amide bonds. The third-order valence-electron chi connectivity index (χ3n) is 5.63. The molecule has 3 atom stereocenters. The fourth-order valence-corrected chi connectivity index (χ4v) is 3.86. The fourth-order valence-electron chi connectivity index (χ4n) is 3.67. The van der Waals surface area contributed by atoms with Gasteiger partial charge in [0.2, 0.25) is 0 Å². The first-order chi connectivity index (χ1) is 18.3. The lowest BCUT2D eigenvalue weighted by Gasteiger charge is -2.20. The standard InChI is InChI=1S/C26H23ClN4O7/c27-18-3-1-2-4-19(18)30-24(33)21-22(38-14-37-21)25(34)31-20(26(35)36)13-15-5-7-17(8-6-15)29-23(32)16-9-11-28-12-10-16/h1-12,20-22H,13-14H2,(H,29,32)(H,30,33)(H,31,34)(H,35,36). The number of para-hydroxylation sites is 1. The van der Waals surface area contributed by atoms with Crippen molar-refractivity contribution in [3.63, 3.8) is 0 Å². The van der Waals surface area contributed by atoms with E-state index < -0.39 is 36.0 Å². The van der Waals surface area contributed by atoms with E-state index in [0.717, 1.165) is 0 Å². The van der Waals surface area contributed by atoms with Crippen molar-refractivity contribution >= 4 is 46.7 Å². The summed E-state index contributed by atoms with van der Waals surface area (Å²) in [4.78, 5) is 53.6. The van der Waals surface area contributed by atoms with Gasteiger partial charge in [0.05, 0.1) is 10.7 Å². The molecular weight excluding hydrogens is 516 g/mol. The molecule has 0 saturated carbocycles. The number of amides is 3. The van der Waals surface area contributed by atoms with Crippen LogP contribution in [0.1, 0.15) is 15.9 Å². The van der Waals surface area contributed by atoms with Gasteiger partial charge in [0, 0.05) is 30.1 Å². The third kappa shape index (κ3) is 6.71. The van der Waals surface area contributed by atoms with Crippen LogP contribution in [0.3, 0.4) is 0 Å². The summed E-state index contributed by atoms with van der Waals surface area (Å²) in [5, 5.41) is 17.7. The number of rotatable bonds is 9. The summed E-state index contributed by atoms with van der Waals surface area (Å²) in [5.41, 5.74) is 1.87. The average Bonchev–Trinajstić information content (AvgIpc) is 3.41. The molecule has 1 fully saturated rings. The molecule has 12 heteroatoms. The fraction of sp³-hybridized carbons (Fsp3) is 0.192. The summed E-state index contributed by atoms with van der Waals surface area (Å²) in [6.07, 6.45) is 0.307. The SMILES string of the molecule is O=C(Nc1ccc(CC(NC(=O)C2OCOC2C(=O)Nc2ccccc2Cl)C(=O)O)cc1)c1ccncc1. The minimum absolute atomic E-state index is 0.0519. The first kappa shape index (κ1) is 26.7. The largest absolute Gasteiger partial charge is 0.480 e. The van der Waals surface area contributed by atoms with Crippen molar-refractivity contribution in [1.82, 2.24) is 10.3 Å². The summed E-state index contributed by atoms with van der Waals surface area (Å²) in [7, 11) is 0. The highest BCUT2D eigenvalue weighted by Crippen LogP contribution is 2.23. The number of carbonyl (C=O) groups excluding carboxylic acids is 3. The van der Waals surface area contributed by atoms with Crippen LogP contribution in [0.2, 0.25) is 5.02 Å². The van der Waals surface area contributed by atoms with Crippen molar-refractivity contribution in [3.05, 3.63) is 89.2 Å². The number of ether oxygens (including phenoxy) is 2. The van der Waals surface area contributed by atoms with Crippen molar-refractivity contribution in [2.45, 2.75) is 24.7 Å². The van der Waals surface area contributed by atoms with Crippen LogP contribution in [-0.2, 0) is 30.3 Å². The van der Waals surface area contributed by atoms with Gasteiger partial charge in [-0.2, -0.15) is 0 Å². The van der Waals surface area contributed by atoms with E-state index in [4.69, 9.17) is 21.1 Å². The Morgan fingerprint density at radius 3 is 2.24 bits per heavy atom. The number of aliphatic carboxylic acids is 1. The summed E-state index contributed by atoms with van der Waals surface area (Å²) in [5.74, 6) is -3.06. The van der Waals surface area contributed by atoms with E-state index in [0.29, 0.717) is 27.5 Å². The molecule has 11 nitrogen and oxygen atoms in total. The number of carbonyl (C=O) groups is 4. The number of carboxylic acid groups (broad SMARTS) is 1. The van der Waals surface area contributed by atoms with Gasteiger partial charge in [-0.05, 0) is 42.0 Å². The van der Waals surface area contributed by atoms with E-state index in [-0.39, 0.29) is 19.1 Å². The van der Waals surface area contributed by atoms with Crippen molar-refractivity contribution in [2.24, 2.45) is 0 Å². The highest BCUT2D eigenvalue weighted by Gasteiger charge is 2.41. The van der Waals surface area contributed by atoms with Crippen molar-refractivity contribution in [3.8, 4) is 0 Å². The Morgan fingerprint density at radius 1 is 0.921 bits per heavy atom. The molecule has 3 unspecified atom stereocenters. The molecule has 4 rings (SSSR count).